The molecule has 0 aromatic heterocycles. The van der Waals surface area contributed by atoms with Crippen LogP contribution in [0.4, 0.5) is 4.79 Å². The summed E-state index contributed by atoms with van der Waals surface area (Å²) in [5, 5.41) is 0. The Kier molecular flexibility index (Phi) is 9.75. The molecule has 0 aromatic carbocycles. The molecule has 3 atom stereocenters. The van der Waals surface area contributed by atoms with Crippen molar-refractivity contribution in [2.45, 2.75) is 46.0 Å². The Morgan fingerprint density at radius 1 is 1.35 bits per heavy atom. The predicted octanol–water partition coefficient (Wildman–Crippen LogP) is 1.53. The Bertz CT molecular complexity index is 292. The van der Waals surface area contributed by atoms with Crippen LogP contribution < -0.4 is 0 Å². The molecule has 118 valence electrons. The first-order chi connectivity index (χ1) is 9.35. The van der Waals surface area contributed by atoms with E-state index in [4.69, 9.17) is 14.2 Å². The van der Waals surface area contributed by atoms with Crippen molar-refractivity contribution in [3.63, 3.8) is 0 Å². The van der Waals surface area contributed by atoms with Gasteiger partial charge in [-0.05, 0) is 20.8 Å². The molecule has 7 nitrogen and oxygen atoms in total. The summed E-state index contributed by atoms with van der Waals surface area (Å²) in [6.45, 7) is 8.14. The van der Waals surface area contributed by atoms with Gasteiger partial charge in [0.05, 0.1) is 18.8 Å². The molecule has 0 amide bonds. The molecule has 1 fully saturated rings. The van der Waals surface area contributed by atoms with Crippen LogP contribution in [0, 0.1) is 0 Å². The number of hydrogen-bond donors (Lipinski definition) is 0. The van der Waals surface area contributed by atoms with Crippen LogP contribution in [0.25, 0.3) is 0 Å². The molecule has 0 radical (unpaired) electrons. The van der Waals surface area contributed by atoms with Gasteiger partial charge in [0.2, 0.25) is 0 Å². The normalized spacial score (nSPS) is 20.1. The van der Waals surface area contributed by atoms with E-state index >= 15 is 0 Å². The minimum Gasteiger partial charge on any atom is -0.463 e. The fraction of sp³-hybridized carbons (Fsp3) is 0.846. The molecular weight excluding hydrogens is 268 g/mol. The van der Waals surface area contributed by atoms with Gasteiger partial charge in [0.25, 0.3) is 0 Å². The Morgan fingerprint density at radius 2 is 2.00 bits per heavy atom. The van der Waals surface area contributed by atoms with Crippen molar-refractivity contribution in [2.24, 2.45) is 0 Å². The van der Waals surface area contributed by atoms with Gasteiger partial charge in [-0.3, -0.25) is 4.79 Å². The third-order valence-corrected chi connectivity index (χ3v) is 2.27. The monoisotopic (exact) mass is 292 g/mol. The van der Waals surface area contributed by atoms with Crippen LogP contribution in [-0.2, 0) is 28.5 Å². The summed E-state index contributed by atoms with van der Waals surface area (Å²) in [6, 6.07) is 0. The maximum atomic E-state index is 10.4. The maximum absolute atomic E-state index is 10.4. The number of carbonyl (C=O) groups is 2. The number of methoxy groups -OCH3 is 1. The fourth-order valence-electron chi connectivity index (χ4n) is 1.07. The van der Waals surface area contributed by atoms with Gasteiger partial charge in [-0.15, -0.1) is 0 Å². The van der Waals surface area contributed by atoms with Crippen molar-refractivity contribution in [3.8, 4) is 0 Å². The third kappa shape index (κ3) is 10.6. The van der Waals surface area contributed by atoms with E-state index in [0.29, 0.717) is 19.8 Å². The van der Waals surface area contributed by atoms with E-state index in [1.165, 1.54) is 6.92 Å². The molecule has 0 aliphatic carbocycles. The molecule has 3 unspecified atom stereocenters. The number of hydrogen-bond acceptors (Lipinski definition) is 7. The summed E-state index contributed by atoms with van der Waals surface area (Å²) in [5.74, 6) is -0.282. The average molecular weight is 292 g/mol. The van der Waals surface area contributed by atoms with E-state index in [1.54, 1.807) is 14.0 Å². The highest BCUT2D eigenvalue weighted by Crippen LogP contribution is 2.02. The third-order valence-electron chi connectivity index (χ3n) is 2.27. The second-order valence-corrected chi connectivity index (χ2v) is 4.48. The SMILES string of the molecule is CC1COC(=O)O1.COC(C)COC(C)COC(C)=O. The molecule has 1 heterocycles. The Labute approximate surface area is 119 Å². The summed E-state index contributed by atoms with van der Waals surface area (Å²) >= 11 is 0. The largest absolute Gasteiger partial charge is 0.508 e. The van der Waals surface area contributed by atoms with E-state index in [2.05, 4.69) is 9.47 Å². The van der Waals surface area contributed by atoms with Crippen LogP contribution in [0.15, 0.2) is 0 Å². The number of carbonyl (C=O) groups excluding carboxylic acids is 2. The summed E-state index contributed by atoms with van der Waals surface area (Å²) in [4.78, 5) is 20.4. The molecule has 1 rings (SSSR count). The number of cyclic esters (lactones) is 2. The fourth-order valence-corrected chi connectivity index (χ4v) is 1.07. The van der Waals surface area contributed by atoms with Gasteiger partial charge in [0, 0.05) is 14.0 Å². The highest BCUT2D eigenvalue weighted by atomic mass is 16.8. The highest BCUT2D eigenvalue weighted by Gasteiger charge is 2.19. The van der Waals surface area contributed by atoms with Crippen molar-refractivity contribution >= 4 is 12.1 Å². The van der Waals surface area contributed by atoms with Gasteiger partial charge in [0.1, 0.15) is 19.3 Å². The standard InChI is InChI=1S/C9H18O4.C4H6O3/c1-7(11-4)5-12-8(2)6-13-9(3)10;1-3-2-6-4(5)7-3/h7-8H,5-6H2,1-4H3;3H,2H2,1H3. The summed E-state index contributed by atoms with van der Waals surface area (Å²) in [7, 11) is 1.63. The molecule has 1 aliphatic heterocycles. The molecule has 1 saturated heterocycles. The number of esters is 1. The average Bonchev–Trinajstić information content (AvgIpc) is 2.77. The molecule has 0 N–H and O–H groups in total. The van der Waals surface area contributed by atoms with E-state index in [1.807, 2.05) is 13.8 Å². The van der Waals surface area contributed by atoms with Crippen LogP contribution in [0.1, 0.15) is 27.7 Å². The van der Waals surface area contributed by atoms with Crippen LogP contribution in [0.3, 0.4) is 0 Å². The molecule has 7 heteroatoms. The van der Waals surface area contributed by atoms with E-state index in [9.17, 15) is 9.59 Å². The molecule has 0 bridgehead atoms. The minimum atomic E-state index is -0.549. The Balaban J connectivity index is 0.000000428. The molecular formula is C13H24O7. The van der Waals surface area contributed by atoms with Crippen molar-refractivity contribution in [3.05, 3.63) is 0 Å². The lowest BCUT2D eigenvalue weighted by atomic mass is 10.4. The van der Waals surface area contributed by atoms with Gasteiger partial charge < -0.3 is 23.7 Å². The van der Waals surface area contributed by atoms with E-state index < -0.39 is 6.16 Å². The van der Waals surface area contributed by atoms with Gasteiger partial charge in [-0.25, -0.2) is 4.79 Å². The highest BCUT2D eigenvalue weighted by molar-refractivity contribution is 5.65. The summed E-state index contributed by atoms with van der Waals surface area (Å²) in [5.41, 5.74) is 0. The van der Waals surface area contributed by atoms with Crippen molar-refractivity contribution in [2.75, 3.05) is 26.9 Å². The van der Waals surface area contributed by atoms with Crippen LogP contribution in [-0.4, -0.2) is 57.4 Å². The Morgan fingerprint density at radius 3 is 2.35 bits per heavy atom. The van der Waals surface area contributed by atoms with Crippen molar-refractivity contribution in [1.29, 1.82) is 0 Å². The number of rotatable bonds is 6. The smallest absolute Gasteiger partial charge is 0.463 e. The van der Waals surface area contributed by atoms with Crippen molar-refractivity contribution < 1.29 is 33.3 Å². The molecule has 1 aliphatic rings. The van der Waals surface area contributed by atoms with Crippen LogP contribution in [0.2, 0.25) is 0 Å². The van der Waals surface area contributed by atoms with Gasteiger partial charge in [0.15, 0.2) is 0 Å². The first-order valence-corrected chi connectivity index (χ1v) is 6.46. The zero-order valence-corrected chi connectivity index (χ0v) is 12.7. The summed E-state index contributed by atoms with van der Waals surface area (Å²) in [6.07, 6.45) is -0.610. The lowest BCUT2D eigenvalue weighted by molar-refractivity contribution is -0.145. The number of ether oxygens (including phenoxy) is 5. The molecule has 20 heavy (non-hydrogen) atoms. The van der Waals surface area contributed by atoms with E-state index in [0.717, 1.165) is 0 Å². The Hall–Kier alpha value is -1.34. The zero-order valence-electron chi connectivity index (χ0n) is 12.7. The van der Waals surface area contributed by atoms with Crippen LogP contribution >= 0.6 is 0 Å². The molecule has 0 aromatic rings. The maximum Gasteiger partial charge on any atom is 0.508 e. The van der Waals surface area contributed by atoms with Gasteiger partial charge >= 0.3 is 12.1 Å². The second kappa shape index (κ2) is 10.4. The molecule has 0 saturated carbocycles. The van der Waals surface area contributed by atoms with Crippen molar-refractivity contribution in [1.82, 2.24) is 0 Å². The second-order valence-electron chi connectivity index (χ2n) is 4.48. The first-order valence-electron chi connectivity index (χ1n) is 6.46. The predicted molar refractivity (Wildman–Crippen MR) is 70.4 cm³/mol. The quantitative estimate of drug-likeness (QED) is 0.687. The summed E-state index contributed by atoms with van der Waals surface area (Å²) < 4.78 is 24.0. The minimum absolute atomic E-state index is 0.0486. The van der Waals surface area contributed by atoms with Gasteiger partial charge in [-0.1, -0.05) is 0 Å². The van der Waals surface area contributed by atoms with Gasteiger partial charge in [-0.2, -0.15) is 0 Å². The molecule has 0 spiro atoms. The zero-order chi connectivity index (χ0) is 15.5. The lowest BCUT2D eigenvalue weighted by Gasteiger charge is -2.15. The first kappa shape index (κ1) is 18.7. The lowest BCUT2D eigenvalue weighted by Crippen LogP contribution is -2.23. The topological polar surface area (TPSA) is 80.3 Å². The van der Waals surface area contributed by atoms with E-state index in [-0.39, 0.29) is 24.3 Å². The van der Waals surface area contributed by atoms with Crippen LogP contribution in [0.5, 0.6) is 0 Å².